The molecule has 0 aromatic carbocycles. The quantitative estimate of drug-likeness (QED) is 0.723. The largest absolute Gasteiger partial charge is 0.270 e. The Bertz CT molecular complexity index is 345. The molecule has 0 aliphatic heterocycles. The second kappa shape index (κ2) is 3.95. The molecule has 3 nitrogen and oxygen atoms in total. The highest BCUT2D eigenvalue weighted by molar-refractivity contribution is 5.16. The van der Waals surface area contributed by atoms with Gasteiger partial charge in [-0.1, -0.05) is 13.8 Å². The van der Waals surface area contributed by atoms with Gasteiger partial charge in [-0.25, -0.2) is 4.68 Å². The molecule has 1 rings (SSSR count). The van der Waals surface area contributed by atoms with Gasteiger partial charge in [0.1, 0.15) is 0 Å². The first-order valence-electron chi connectivity index (χ1n) is 5.03. The number of hydrogen-bond donors (Lipinski definition) is 0. The molecule has 1 aromatic rings. The van der Waals surface area contributed by atoms with Crippen molar-refractivity contribution in [3.05, 3.63) is 27.7 Å². The summed E-state index contributed by atoms with van der Waals surface area (Å²) in [7, 11) is 0. The second-order valence-corrected chi connectivity index (χ2v) is 4.24. The fourth-order valence-corrected chi connectivity index (χ4v) is 1.43. The Kier molecular flexibility index (Phi) is 3.09. The van der Waals surface area contributed by atoms with Crippen LogP contribution in [0, 0.1) is 6.92 Å². The highest BCUT2D eigenvalue weighted by Gasteiger charge is 2.11. The van der Waals surface area contributed by atoms with Gasteiger partial charge in [-0.3, -0.25) is 4.79 Å². The summed E-state index contributed by atoms with van der Waals surface area (Å²) < 4.78 is 1.56. The van der Waals surface area contributed by atoms with E-state index in [-0.39, 0.29) is 17.5 Å². The predicted octanol–water partition coefficient (Wildman–Crippen LogP) is 2.26. The standard InChI is InChI=1S/C11H18N2O/c1-7(2)10-6-9(5)12-13(8(3)4)11(10)14/h6-8H,1-5H3. The van der Waals surface area contributed by atoms with E-state index in [0.29, 0.717) is 0 Å². The summed E-state index contributed by atoms with van der Waals surface area (Å²) in [5.41, 5.74) is 1.80. The van der Waals surface area contributed by atoms with E-state index in [1.807, 2.05) is 40.7 Å². The number of nitrogens with zero attached hydrogens (tertiary/aromatic N) is 2. The van der Waals surface area contributed by atoms with Crippen molar-refractivity contribution >= 4 is 0 Å². The minimum atomic E-state index is 0.0422. The van der Waals surface area contributed by atoms with Crippen LogP contribution in [0.4, 0.5) is 0 Å². The van der Waals surface area contributed by atoms with Crippen molar-refractivity contribution in [1.82, 2.24) is 9.78 Å². The molecule has 0 aliphatic rings. The zero-order chi connectivity index (χ0) is 10.9. The van der Waals surface area contributed by atoms with Crippen molar-refractivity contribution < 1.29 is 0 Å². The molecule has 0 saturated heterocycles. The monoisotopic (exact) mass is 194 g/mol. The third-order valence-corrected chi connectivity index (χ3v) is 2.20. The molecule has 78 valence electrons. The highest BCUT2D eigenvalue weighted by atomic mass is 16.1. The lowest BCUT2D eigenvalue weighted by molar-refractivity contribution is 0.490. The Labute approximate surface area is 84.8 Å². The summed E-state index contributed by atoms with van der Waals surface area (Å²) in [6.45, 7) is 9.92. The smallest absolute Gasteiger partial charge is 0.267 e. The van der Waals surface area contributed by atoms with Gasteiger partial charge in [0.05, 0.1) is 11.7 Å². The molecule has 0 atom stereocenters. The van der Waals surface area contributed by atoms with Crippen LogP contribution in [0.1, 0.15) is 50.9 Å². The van der Waals surface area contributed by atoms with Crippen LogP contribution in [-0.2, 0) is 0 Å². The highest BCUT2D eigenvalue weighted by Crippen LogP contribution is 2.10. The summed E-state index contributed by atoms with van der Waals surface area (Å²) >= 11 is 0. The summed E-state index contributed by atoms with van der Waals surface area (Å²) in [6, 6.07) is 2.01. The lowest BCUT2D eigenvalue weighted by Gasteiger charge is -2.13. The average Bonchev–Trinajstić information content (AvgIpc) is 2.07. The average molecular weight is 194 g/mol. The third-order valence-electron chi connectivity index (χ3n) is 2.20. The van der Waals surface area contributed by atoms with Gasteiger partial charge in [0.15, 0.2) is 0 Å². The Morgan fingerprint density at radius 2 is 1.86 bits per heavy atom. The van der Waals surface area contributed by atoms with E-state index in [0.717, 1.165) is 11.3 Å². The molecule has 0 bridgehead atoms. The maximum Gasteiger partial charge on any atom is 0.270 e. The number of aryl methyl sites for hydroxylation is 1. The van der Waals surface area contributed by atoms with Crippen LogP contribution in [0.5, 0.6) is 0 Å². The zero-order valence-electron chi connectivity index (χ0n) is 9.53. The number of aromatic nitrogens is 2. The van der Waals surface area contributed by atoms with Gasteiger partial charge in [0.2, 0.25) is 0 Å². The van der Waals surface area contributed by atoms with Gasteiger partial charge in [-0.15, -0.1) is 0 Å². The van der Waals surface area contributed by atoms with E-state index in [4.69, 9.17) is 0 Å². The Hall–Kier alpha value is -1.12. The van der Waals surface area contributed by atoms with E-state index >= 15 is 0 Å². The van der Waals surface area contributed by atoms with Crippen LogP contribution in [0.3, 0.4) is 0 Å². The third kappa shape index (κ3) is 2.03. The Balaban J connectivity index is 3.40. The SMILES string of the molecule is Cc1cc(C(C)C)c(=O)n(C(C)C)n1. The van der Waals surface area contributed by atoms with Gasteiger partial charge >= 0.3 is 0 Å². The molecule has 0 unspecified atom stereocenters. The fourth-order valence-electron chi connectivity index (χ4n) is 1.43. The summed E-state index contributed by atoms with van der Waals surface area (Å²) in [5, 5.41) is 4.22. The predicted molar refractivity (Wildman–Crippen MR) is 57.7 cm³/mol. The molecule has 0 radical (unpaired) electrons. The molecular weight excluding hydrogens is 176 g/mol. The molecule has 0 spiro atoms. The number of hydrogen-bond acceptors (Lipinski definition) is 2. The first-order chi connectivity index (χ1) is 6.43. The molecule has 14 heavy (non-hydrogen) atoms. The molecule has 0 saturated carbocycles. The van der Waals surface area contributed by atoms with Crippen molar-refractivity contribution in [2.24, 2.45) is 0 Å². The van der Waals surface area contributed by atoms with Crippen LogP contribution >= 0.6 is 0 Å². The van der Waals surface area contributed by atoms with Crippen LogP contribution in [-0.4, -0.2) is 9.78 Å². The summed E-state index contributed by atoms with van der Waals surface area (Å²) in [4.78, 5) is 11.9. The van der Waals surface area contributed by atoms with Crippen molar-refractivity contribution in [2.75, 3.05) is 0 Å². The van der Waals surface area contributed by atoms with Crippen LogP contribution in [0.15, 0.2) is 10.9 Å². The zero-order valence-corrected chi connectivity index (χ0v) is 9.53. The Morgan fingerprint density at radius 3 is 2.29 bits per heavy atom. The first-order valence-corrected chi connectivity index (χ1v) is 5.03. The van der Waals surface area contributed by atoms with Crippen molar-refractivity contribution in [2.45, 2.75) is 46.6 Å². The first kappa shape index (κ1) is 11.0. The number of rotatable bonds is 2. The van der Waals surface area contributed by atoms with Crippen LogP contribution < -0.4 is 5.56 Å². The van der Waals surface area contributed by atoms with E-state index in [9.17, 15) is 4.79 Å². The molecule has 0 N–H and O–H groups in total. The lowest BCUT2D eigenvalue weighted by atomic mass is 10.1. The van der Waals surface area contributed by atoms with E-state index < -0.39 is 0 Å². The van der Waals surface area contributed by atoms with E-state index in [1.54, 1.807) is 4.68 Å². The molecule has 0 aliphatic carbocycles. The molecule has 0 amide bonds. The molecule has 0 fully saturated rings. The summed E-state index contributed by atoms with van der Waals surface area (Å²) in [6.07, 6.45) is 0. The van der Waals surface area contributed by atoms with Gasteiger partial charge < -0.3 is 0 Å². The Morgan fingerprint density at radius 1 is 1.29 bits per heavy atom. The van der Waals surface area contributed by atoms with Crippen molar-refractivity contribution in [3.63, 3.8) is 0 Å². The maximum atomic E-state index is 11.9. The van der Waals surface area contributed by atoms with Crippen LogP contribution in [0.2, 0.25) is 0 Å². The fraction of sp³-hybridized carbons (Fsp3) is 0.636. The normalized spacial score (nSPS) is 11.4. The maximum absolute atomic E-state index is 11.9. The lowest BCUT2D eigenvalue weighted by Crippen LogP contribution is -2.28. The van der Waals surface area contributed by atoms with Gasteiger partial charge in [-0.05, 0) is 32.8 Å². The minimum absolute atomic E-state index is 0.0422. The molecule has 1 heterocycles. The molecular formula is C11H18N2O. The van der Waals surface area contributed by atoms with E-state index in [2.05, 4.69) is 5.10 Å². The van der Waals surface area contributed by atoms with Crippen LogP contribution in [0.25, 0.3) is 0 Å². The topological polar surface area (TPSA) is 34.9 Å². The van der Waals surface area contributed by atoms with Crippen molar-refractivity contribution in [3.8, 4) is 0 Å². The van der Waals surface area contributed by atoms with Crippen molar-refractivity contribution in [1.29, 1.82) is 0 Å². The molecule has 3 heteroatoms. The van der Waals surface area contributed by atoms with E-state index in [1.165, 1.54) is 0 Å². The summed E-state index contributed by atoms with van der Waals surface area (Å²) in [5.74, 6) is 0.259. The second-order valence-electron chi connectivity index (χ2n) is 4.24. The molecule has 1 aromatic heterocycles. The van der Waals surface area contributed by atoms with Gasteiger partial charge in [-0.2, -0.15) is 5.10 Å². The van der Waals surface area contributed by atoms with Gasteiger partial charge in [0, 0.05) is 5.56 Å². The van der Waals surface area contributed by atoms with Gasteiger partial charge in [0.25, 0.3) is 5.56 Å². The minimum Gasteiger partial charge on any atom is -0.267 e.